The Kier molecular flexibility index (Phi) is 4.61. The summed E-state index contributed by atoms with van der Waals surface area (Å²) in [6.45, 7) is 2.90. The summed E-state index contributed by atoms with van der Waals surface area (Å²) < 4.78 is 0. The van der Waals surface area contributed by atoms with E-state index in [4.69, 9.17) is 5.11 Å². The Hall–Kier alpha value is -1.45. The number of unbranched alkanes of at least 4 members (excludes halogenated alkanes) is 2. The maximum Gasteiger partial charge on any atom is 0.174 e. The van der Waals surface area contributed by atoms with Gasteiger partial charge < -0.3 is 5.11 Å². The average Bonchev–Trinajstić information content (AvgIpc) is 2.21. The van der Waals surface area contributed by atoms with E-state index in [-0.39, 0.29) is 5.75 Å². The summed E-state index contributed by atoms with van der Waals surface area (Å²) in [5.41, 5.74) is 0. The van der Waals surface area contributed by atoms with Crippen molar-refractivity contribution in [2.75, 3.05) is 6.54 Å². The number of hydrogen-bond acceptors (Lipinski definition) is 4. The van der Waals surface area contributed by atoms with Gasteiger partial charge in [-0.15, -0.1) is 5.11 Å². The molecule has 76 valence electrons. The van der Waals surface area contributed by atoms with E-state index in [1.54, 1.807) is 12.1 Å². The second kappa shape index (κ2) is 6.07. The molecule has 0 aliphatic heterocycles. The van der Waals surface area contributed by atoms with E-state index in [2.05, 4.69) is 22.1 Å². The van der Waals surface area contributed by atoms with Gasteiger partial charge in [0.05, 0.1) is 12.7 Å². The molecular weight excluding hydrogens is 178 g/mol. The highest BCUT2D eigenvalue weighted by atomic mass is 16.3. The Morgan fingerprint density at radius 3 is 2.86 bits per heavy atom. The van der Waals surface area contributed by atoms with E-state index in [1.807, 2.05) is 0 Å². The molecule has 1 aromatic heterocycles. The van der Waals surface area contributed by atoms with E-state index in [9.17, 15) is 0 Å². The fourth-order valence-electron chi connectivity index (χ4n) is 0.992. The molecule has 0 atom stereocenters. The molecule has 0 aromatic carbocycles. The van der Waals surface area contributed by atoms with Crippen LogP contribution in [0.5, 0.6) is 5.75 Å². The fraction of sp³-hybridized carbons (Fsp3) is 0.500. The summed E-state index contributed by atoms with van der Waals surface area (Å²) in [5.74, 6) is 0.689. The van der Waals surface area contributed by atoms with Crippen molar-refractivity contribution in [2.45, 2.75) is 26.2 Å². The summed E-state index contributed by atoms with van der Waals surface area (Å²) in [7, 11) is 0. The summed E-state index contributed by atoms with van der Waals surface area (Å²) in [5, 5.41) is 16.9. The van der Waals surface area contributed by atoms with Gasteiger partial charge in [-0.3, -0.25) is 0 Å². The minimum Gasteiger partial charge on any atom is -0.506 e. The molecule has 1 heterocycles. The summed E-state index contributed by atoms with van der Waals surface area (Å²) in [6, 6.07) is 3.19. The number of aromatic nitrogens is 1. The third-order valence-corrected chi connectivity index (χ3v) is 1.77. The highest BCUT2D eigenvalue weighted by Crippen LogP contribution is 2.12. The summed E-state index contributed by atoms with van der Waals surface area (Å²) in [6.07, 6.45) is 4.80. The van der Waals surface area contributed by atoms with E-state index >= 15 is 0 Å². The number of hydrogen-bond donors (Lipinski definition) is 1. The van der Waals surface area contributed by atoms with Crippen LogP contribution in [0.1, 0.15) is 26.2 Å². The minimum absolute atomic E-state index is 0.148. The maximum absolute atomic E-state index is 8.96. The SMILES string of the molecule is CCCCCN=Nc1ccc(O)cn1. The lowest BCUT2D eigenvalue weighted by Crippen LogP contribution is -1.79. The second-order valence-electron chi connectivity index (χ2n) is 3.05. The van der Waals surface area contributed by atoms with Crippen LogP contribution in [0, 0.1) is 0 Å². The highest BCUT2D eigenvalue weighted by Gasteiger charge is 1.90. The molecule has 1 aromatic rings. The van der Waals surface area contributed by atoms with Crippen molar-refractivity contribution in [3.63, 3.8) is 0 Å². The lowest BCUT2D eigenvalue weighted by Gasteiger charge is -1.93. The van der Waals surface area contributed by atoms with E-state index in [1.165, 1.54) is 19.0 Å². The standard InChI is InChI=1S/C10H15N3O/c1-2-3-4-7-12-13-10-6-5-9(14)8-11-10/h5-6,8,14H,2-4,7H2,1H3. The number of rotatable bonds is 5. The molecule has 4 heteroatoms. The summed E-state index contributed by atoms with van der Waals surface area (Å²) >= 11 is 0. The van der Waals surface area contributed by atoms with Crippen LogP contribution in [0.3, 0.4) is 0 Å². The van der Waals surface area contributed by atoms with Gasteiger partial charge in [0.25, 0.3) is 0 Å². The Balaban J connectivity index is 2.33. The van der Waals surface area contributed by atoms with Crippen LogP contribution in [-0.4, -0.2) is 16.6 Å². The van der Waals surface area contributed by atoms with Gasteiger partial charge >= 0.3 is 0 Å². The van der Waals surface area contributed by atoms with Crippen LogP contribution in [0.2, 0.25) is 0 Å². The van der Waals surface area contributed by atoms with Crippen molar-refractivity contribution >= 4 is 5.82 Å². The molecule has 4 nitrogen and oxygen atoms in total. The predicted molar refractivity (Wildman–Crippen MR) is 54.8 cm³/mol. The van der Waals surface area contributed by atoms with E-state index < -0.39 is 0 Å². The second-order valence-corrected chi connectivity index (χ2v) is 3.05. The first-order valence-corrected chi connectivity index (χ1v) is 4.85. The lowest BCUT2D eigenvalue weighted by molar-refractivity contribution is 0.473. The number of pyridine rings is 1. The van der Waals surface area contributed by atoms with Gasteiger partial charge in [0, 0.05) is 0 Å². The van der Waals surface area contributed by atoms with E-state index in [0.29, 0.717) is 5.82 Å². The number of nitrogens with zero attached hydrogens (tertiary/aromatic N) is 3. The number of aromatic hydroxyl groups is 1. The van der Waals surface area contributed by atoms with Crippen molar-refractivity contribution in [2.24, 2.45) is 10.2 Å². The van der Waals surface area contributed by atoms with Crippen LogP contribution >= 0.6 is 0 Å². The van der Waals surface area contributed by atoms with Crippen LogP contribution in [0.25, 0.3) is 0 Å². The normalized spacial score (nSPS) is 10.9. The average molecular weight is 193 g/mol. The zero-order valence-electron chi connectivity index (χ0n) is 8.35. The minimum atomic E-state index is 0.148. The highest BCUT2D eigenvalue weighted by molar-refractivity contribution is 5.30. The first-order chi connectivity index (χ1) is 6.83. The topological polar surface area (TPSA) is 57.8 Å². The van der Waals surface area contributed by atoms with Crippen LogP contribution < -0.4 is 0 Å². The lowest BCUT2D eigenvalue weighted by atomic mass is 10.3. The van der Waals surface area contributed by atoms with Gasteiger partial charge in [-0.25, -0.2) is 4.98 Å². The van der Waals surface area contributed by atoms with Crippen LogP contribution in [0.4, 0.5) is 5.82 Å². The van der Waals surface area contributed by atoms with Gasteiger partial charge in [-0.1, -0.05) is 19.8 Å². The van der Waals surface area contributed by atoms with Gasteiger partial charge in [0.2, 0.25) is 0 Å². The largest absolute Gasteiger partial charge is 0.506 e. The molecule has 14 heavy (non-hydrogen) atoms. The monoisotopic (exact) mass is 193 g/mol. The fourth-order valence-corrected chi connectivity index (χ4v) is 0.992. The molecular formula is C10H15N3O. The molecule has 0 fully saturated rings. The van der Waals surface area contributed by atoms with Crippen molar-refractivity contribution in [3.05, 3.63) is 18.3 Å². The van der Waals surface area contributed by atoms with Crippen LogP contribution in [-0.2, 0) is 0 Å². The van der Waals surface area contributed by atoms with E-state index in [0.717, 1.165) is 13.0 Å². The smallest absolute Gasteiger partial charge is 0.174 e. The molecule has 0 bridgehead atoms. The molecule has 0 aliphatic rings. The predicted octanol–water partition coefficient (Wildman–Crippen LogP) is 3.06. The Morgan fingerprint density at radius 1 is 1.36 bits per heavy atom. The van der Waals surface area contributed by atoms with Crippen molar-refractivity contribution < 1.29 is 5.11 Å². The first-order valence-electron chi connectivity index (χ1n) is 4.85. The molecule has 0 aliphatic carbocycles. The molecule has 0 saturated carbocycles. The van der Waals surface area contributed by atoms with Crippen molar-refractivity contribution in [3.8, 4) is 5.75 Å². The zero-order chi connectivity index (χ0) is 10.2. The quantitative estimate of drug-likeness (QED) is 0.577. The molecule has 0 amide bonds. The Morgan fingerprint density at radius 2 is 2.21 bits per heavy atom. The molecule has 0 saturated heterocycles. The van der Waals surface area contributed by atoms with Gasteiger partial charge in [0.1, 0.15) is 5.75 Å². The molecule has 1 N–H and O–H groups in total. The number of azo groups is 1. The Labute approximate surface area is 83.7 Å². The first kappa shape index (κ1) is 10.6. The third kappa shape index (κ3) is 3.98. The molecule has 0 radical (unpaired) electrons. The zero-order valence-corrected chi connectivity index (χ0v) is 8.35. The van der Waals surface area contributed by atoms with Gasteiger partial charge in [-0.05, 0) is 18.6 Å². The van der Waals surface area contributed by atoms with Crippen LogP contribution in [0.15, 0.2) is 28.6 Å². The Bertz CT molecular complexity index is 282. The third-order valence-electron chi connectivity index (χ3n) is 1.77. The summed E-state index contributed by atoms with van der Waals surface area (Å²) in [4.78, 5) is 3.89. The van der Waals surface area contributed by atoms with Gasteiger partial charge in [0.15, 0.2) is 5.82 Å². The van der Waals surface area contributed by atoms with Crippen molar-refractivity contribution in [1.82, 2.24) is 4.98 Å². The molecule has 1 rings (SSSR count). The molecule has 0 spiro atoms. The maximum atomic E-state index is 8.96. The van der Waals surface area contributed by atoms with Crippen molar-refractivity contribution in [1.29, 1.82) is 0 Å². The van der Waals surface area contributed by atoms with Gasteiger partial charge in [-0.2, -0.15) is 5.11 Å². The molecule has 0 unspecified atom stereocenters.